The average molecular weight is 219 g/mol. The molecule has 0 saturated carbocycles. The van der Waals surface area contributed by atoms with E-state index in [-0.39, 0.29) is 0 Å². The van der Waals surface area contributed by atoms with Gasteiger partial charge in [0.2, 0.25) is 0 Å². The summed E-state index contributed by atoms with van der Waals surface area (Å²) in [6.45, 7) is 5.58. The van der Waals surface area contributed by atoms with Crippen molar-refractivity contribution in [1.82, 2.24) is 10.3 Å². The van der Waals surface area contributed by atoms with Crippen LogP contribution in [0.5, 0.6) is 0 Å². The van der Waals surface area contributed by atoms with Gasteiger partial charge >= 0.3 is 0 Å². The number of nitrogens with one attached hydrogen (secondary N) is 1. The first kappa shape index (κ1) is 11.4. The van der Waals surface area contributed by atoms with Gasteiger partial charge in [-0.15, -0.1) is 0 Å². The molecule has 88 valence electrons. The minimum absolute atomic E-state index is 0.864. The zero-order valence-corrected chi connectivity index (χ0v) is 10.2. The minimum Gasteiger partial charge on any atom is -0.370 e. The predicted octanol–water partition coefficient (Wildman–Crippen LogP) is 2.04. The van der Waals surface area contributed by atoms with Gasteiger partial charge < -0.3 is 10.2 Å². The second kappa shape index (κ2) is 5.30. The van der Waals surface area contributed by atoms with E-state index in [1.54, 1.807) is 0 Å². The van der Waals surface area contributed by atoms with Crippen LogP contribution in [0.25, 0.3) is 0 Å². The number of hydrogen-bond acceptors (Lipinski definition) is 3. The lowest BCUT2D eigenvalue weighted by molar-refractivity contribution is 0.569. The van der Waals surface area contributed by atoms with Gasteiger partial charge in [-0.1, -0.05) is 13.3 Å². The van der Waals surface area contributed by atoms with Gasteiger partial charge in [0.15, 0.2) is 0 Å². The molecule has 1 aliphatic heterocycles. The molecule has 1 atom stereocenters. The van der Waals surface area contributed by atoms with Crippen LogP contribution < -0.4 is 10.2 Å². The Labute approximate surface area is 97.9 Å². The molecule has 1 unspecified atom stereocenters. The molecule has 2 heterocycles. The van der Waals surface area contributed by atoms with E-state index in [4.69, 9.17) is 0 Å². The SMILES string of the molecule is CCC1CCN(c2cnccc2CNC)C1. The van der Waals surface area contributed by atoms with Crippen LogP contribution in [0.2, 0.25) is 0 Å². The molecule has 0 spiro atoms. The van der Waals surface area contributed by atoms with E-state index in [1.165, 1.54) is 37.2 Å². The van der Waals surface area contributed by atoms with E-state index in [9.17, 15) is 0 Å². The quantitative estimate of drug-likeness (QED) is 0.840. The van der Waals surface area contributed by atoms with Crippen LogP contribution in [0.4, 0.5) is 5.69 Å². The molecule has 3 nitrogen and oxygen atoms in total. The average Bonchev–Trinajstić information content (AvgIpc) is 2.79. The molecule has 0 aliphatic carbocycles. The van der Waals surface area contributed by atoms with Crippen molar-refractivity contribution in [3.05, 3.63) is 24.0 Å². The highest BCUT2D eigenvalue weighted by molar-refractivity contribution is 5.52. The number of anilines is 1. The van der Waals surface area contributed by atoms with Gasteiger partial charge in [-0.3, -0.25) is 4.98 Å². The molecular weight excluding hydrogens is 198 g/mol. The maximum absolute atomic E-state index is 4.25. The fourth-order valence-electron chi connectivity index (χ4n) is 2.42. The standard InChI is InChI=1S/C13H21N3/c1-3-11-5-7-16(10-11)13-9-15-6-4-12(13)8-14-2/h4,6,9,11,14H,3,5,7-8,10H2,1-2H3. The van der Waals surface area contributed by atoms with Gasteiger partial charge in [-0.2, -0.15) is 0 Å². The normalized spacial score (nSPS) is 20.4. The molecule has 0 aromatic carbocycles. The van der Waals surface area contributed by atoms with E-state index in [2.05, 4.69) is 28.2 Å². The number of aromatic nitrogens is 1. The maximum atomic E-state index is 4.25. The van der Waals surface area contributed by atoms with Crippen molar-refractivity contribution in [2.75, 3.05) is 25.0 Å². The molecule has 0 bridgehead atoms. The van der Waals surface area contributed by atoms with E-state index >= 15 is 0 Å². The largest absolute Gasteiger partial charge is 0.370 e. The lowest BCUT2D eigenvalue weighted by Crippen LogP contribution is -2.22. The van der Waals surface area contributed by atoms with Crippen molar-refractivity contribution in [2.24, 2.45) is 5.92 Å². The van der Waals surface area contributed by atoms with Gasteiger partial charge in [0.1, 0.15) is 0 Å². The Morgan fingerprint density at radius 3 is 3.12 bits per heavy atom. The molecule has 1 aliphatic rings. The van der Waals surface area contributed by atoms with Crippen molar-refractivity contribution in [3.63, 3.8) is 0 Å². The monoisotopic (exact) mass is 219 g/mol. The summed E-state index contributed by atoms with van der Waals surface area (Å²) in [5.41, 5.74) is 2.67. The number of rotatable bonds is 4. The summed E-state index contributed by atoms with van der Waals surface area (Å²) >= 11 is 0. The highest BCUT2D eigenvalue weighted by atomic mass is 15.2. The maximum Gasteiger partial charge on any atom is 0.0598 e. The van der Waals surface area contributed by atoms with E-state index in [0.29, 0.717) is 0 Å². The van der Waals surface area contributed by atoms with Gasteiger partial charge in [-0.05, 0) is 31.0 Å². The molecule has 0 radical (unpaired) electrons. The Morgan fingerprint density at radius 2 is 2.44 bits per heavy atom. The van der Waals surface area contributed by atoms with E-state index < -0.39 is 0 Å². The Hall–Kier alpha value is -1.09. The number of nitrogens with zero attached hydrogens (tertiary/aromatic N) is 2. The molecule has 1 aromatic rings. The zero-order valence-electron chi connectivity index (χ0n) is 10.2. The Morgan fingerprint density at radius 1 is 1.56 bits per heavy atom. The third-order valence-electron chi connectivity index (χ3n) is 3.46. The fourth-order valence-corrected chi connectivity index (χ4v) is 2.42. The fraction of sp³-hybridized carbons (Fsp3) is 0.615. The molecule has 1 fully saturated rings. The first-order valence-electron chi connectivity index (χ1n) is 6.17. The molecule has 2 rings (SSSR count). The summed E-state index contributed by atoms with van der Waals surface area (Å²) in [7, 11) is 1.99. The van der Waals surface area contributed by atoms with E-state index in [0.717, 1.165) is 12.5 Å². The van der Waals surface area contributed by atoms with Crippen molar-refractivity contribution >= 4 is 5.69 Å². The summed E-state index contributed by atoms with van der Waals surface area (Å²) in [5, 5.41) is 3.22. The summed E-state index contributed by atoms with van der Waals surface area (Å²) in [6, 6.07) is 2.12. The Balaban J connectivity index is 2.14. The van der Waals surface area contributed by atoms with Crippen LogP contribution in [0.1, 0.15) is 25.3 Å². The third kappa shape index (κ3) is 2.35. The molecular formula is C13H21N3. The van der Waals surface area contributed by atoms with Crippen LogP contribution in [0, 0.1) is 5.92 Å². The second-order valence-corrected chi connectivity index (χ2v) is 4.54. The summed E-state index contributed by atoms with van der Waals surface area (Å²) in [4.78, 5) is 6.73. The summed E-state index contributed by atoms with van der Waals surface area (Å²) in [6.07, 6.45) is 6.50. The Bertz CT molecular complexity index is 338. The molecule has 1 saturated heterocycles. The van der Waals surface area contributed by atoms with Crippen LogP contribution in [-0.4, -0.2) is 25.1 Å². The summed E-state index contributed by atoms with van der Waals surface area (Å²) < 4.78 is 0. The highest BCUT2D eigenvalue weighted by Crippen LogP contribution is 2.27. The molecule has 1 aromatic heterocycles. The first-order chi connectivity index (χ1) is 7.85. The molecule has 1 N–H and O–H groups in total. The van der Waals surface area contributed by atoms with Gasteiger partial charge in [0.25, 0.3) is 0 Å². The van der Waals surface area contributed by atoms with Crippen LogP contribution in [0.15, 0.2) is 18.5 Å². The smallest absolute Gasteiger partial charge is 0.0598 e. The van der Waals surface area contributed by atoms with Gasteiger partial charge in [-0.25, -0.2) is 0 Å². The number of pyridine rings is 1. The molecule has 3 heteroatoms. The van der Waals surface area contributed by atoms with Gasteiger partial charge in [0, 0.05) is 25.8 Å². The minimum atomic E-state index is 0.864. The third-order valence-corrected chi connectivity index (χ3v) is 3.46. The summed E-state index contributed by atoms with van der Waals surface area (Å²) in [5.74, 6) is 0.864. The van der Waals surface area contributed by atoms with Crippen LogP contribution in [0.3, 0.4) is 0 Å². The first-order valence-corrected chi connectivity index (χ1v) is 6.17. The van der Waals surface area contributed by atoms with Crippen molar-refractivity contribution in [3.8, 4) is 0 Å². The second-order valence-electron chi connectivity index (χ2n) is 4.54. The Kier molecular flexibility index (Phi) is 3.78. The molecule has 16 heavy (non-hydrogen) atoms. The lowest BCUT2D eigenvalue weighted by Gasteiger charge is -2.21. The highest BCUT2D eigenvalue weighted by Gasteiger charge is 2.22. The van der Waals surface area contributed by atoms with Gasteiger partial charge in [0.05, 0.1) is 11.9 Å². The lowest BCUT2D eigenvalue weighted by atomic mass is 10.1. The van der Waals surface area contributed by atoms with E-state index in [1.807, 2.05) is 19.4 Å². The van der Waals surface area contributed by atoms with Crippen molar-refractivity contribution in [2.45, 2.75) is 26.3 Å². The van der Waals surface area contributed by atoms with Crippen molar-refractivity contribution in [1.29, 1.82) is 0 Å². The van der Waals surface area contributed by atoms with Crippen LogP contribution >= 0.6 is 0 Å². The molecule has 0 amide bonds. The topological polar surface area (TPSA) is 28.2 Å². The van der Waals surface area contributed by atoms with Crippen molar-refractivity contribution < 1.29 is 0 Å². The number of hydrogen-bond donors (Lipinski definition) is 1. The predicted molar refractivity (Wildman–Crippen MR) is 67.6 cm³/mol. The van der Waals surface area contributed by atoms with Crippen LogP contribution in [-0.2, 0) is 6.54 Å². The zero-order chi connectivity index (χ0) is 11.4.